The number of rotatable bonds is 5. The summed E-state index contributed by atoms with van der Waals surface area (Å²) >= 11 is 6.20. The maximum absolute atomic E-state index is 13.6. The molecule has 0 saturated heterocycles. The van der Waals surface area contributed by atoms with Gasteiger partial charge in [0.05, 0.1) is 22.6 Å². The molecule has 7 heteroatoms. The van der Waals surface area contributed by atoms with Crippen molar-refractivity contribution in [2.75, 3.05) is 11.9 Å². The highest BCUT2D eigenvalue weighted by Gasteiger charge is 2.26. The number of halogens is 1. The summed E-state index contributed by atoms with van der Waals surface area (Å²) in [6, 6.07) is 19.6. The lowest BCUT2D eigenvalue weighted by Gasteiger charge is -2.29. The van der Waals surface area contributed by atoms with Crippen LogP contribution in [0.15, 0.2) is 71.5 Å². The number of fused-ring (bicyclic) bond motifs is 1. The topological polar surface area (TPSA) is 67.2 Å². The fourth-order valence-corrected chi connectivity index (χ4v) is 4.13. The van der Waals surface area contributed by atoms with Crippen LogP contribution in [0.2, 0.25) is 5.02 Å². The minimum atomic E-state index is -0.493. The van der Waals surface area contributed by atoms with Crippen molar-refractivity contribution in [3.8, 4) is 5.69 Å². The molecule has 4 rings (SSSR count). The summed E-state index contributed by atoms with van der Waals surface area (Å²) in [4.78, 5) is 33.3. The Morgan fingerprint density at radius 3 is 2.26 bits per heavy atom. The molecule has 0 spiro atoms. The number of anilines is 1. The molecular formula is C27H27ClN4O2. The number of amides is 2. The molecule has 174 valence electrons. The lowest BCUT2D eigenvalue weighted by molar-refractivity contribution is 0.193. The normalized spacial score (nSPS) is 11.9. The first-order chi connectivity index (χ1) is 16.3. The van der Waals surface area contributed by atoms with Crippen molar-refractivity contribution >= 4 is 34.2 Å². The molecule has 0 aliphatic rings. The molecule has 1 N–H and O–H groups in total. The van der Waals surface area contributed by atoms with Crippen molar-refractivity contribution in [2.45, 2.75) is 33.7 Å². The number of aromatic nitrogens is 2. The van der Waals surface area contributed by atoms with Crippen LogP contribution in [0.1, 0.15) is 36.8 Å². The van der Waals surface area contributed by atoms with Crippen LogP contribution in [0.25, 0.3) is 16.6 Å². The number of benzene rings is 3. The van der Waals surface area contributed by atoms with Crippen molar-refractivity contribution in [2.24, 2.45) is 0 Å². The van der Waals surface area contributed by atoms with Gasteiger partial charge in [-0.3, -0.25) is 9.36 Å². The predicted molar refractivity (Wildman–Crippen MR) is 138 cm³/mol. The second-order valence-electron chi connectivity index (χ2n) is 8.37. The Kier molecular flexibility index (Phi) is 6.70. The van der Waals surface area contributed by atoms with Gasteiger partial charge in [-0.25, -0.2) is 9.78 Å². The van der Waals surface area contributed by atoms with Gasteiger partial charge in [-0.1, -0.05) is 47.0 Å². The monoisotopic (exact) mass is 474 g/mol. The molecule has 2 amide bonds. The molecule has 1 aromatic heterocycles. The Morgan fingerprint density at radius 1 is 1.03 bits per heavy atom. The summed E-state index contributed by atoms with van der Waals surface area (Å²) in [5, 5.41) is 3.91. The van der Waals surface area contributed by atoms with E-state index < -0.39 is 6.04 Å². The average Bonchev–Trinajstić information content (AvgIpc) is 2.81. The van der Waals surface area contributed by atoms with Gasteiger partial charge >= 0.3 is 6.03 Å². The zero-order valence-corrected chi connectivity index (χ0v) is 20.4. The maximum Gasteiger partial charge on any atom is 0.322 e. The van der Waals surface area contributed by atoms with Crippen LogP contribution in [0.3, 0.4) is 0 Å². The fraction of sp³-hybridized carbons (Fsp3) is 0.222. The first-order valence-corrected chi connectivity index (χ1v) is 11.6. The van der Waals surface area contributed by atoms with Crippen LogP contribution in [-0.4, -0.2) is 27.0 Å². The molecule has 3 aromatic carbocycles. The highest BCUT2D eigenvalue weighted by Crippen LogP contribution is 2.25. The third-order valence-electron chi connectivity index (χ3n) is 5.90. The average molecular weight is 475 g/mol. The first-order valence-electron chi connectivity index (χ1n) is 11.2. The largest absolute Gasteiger partial charge is 0.322 e. The van der Waals surface area contributed by atoms with Gasteiger partial charge in [0.25, 0.3) is 5.56 Å². The minimum absolute atomic E-state index is 0.206. The van der Waals surface area contributed by atoms with E-state index in [-0.39, 0.29) is 11.6 Å². The number of carbonyl (C=O) groups excluding carboxylic acids is 1. The molecule has 0 bridgehead atoms. The van der Waals surface area contributed by atoms with E-state index in [1.165, 1.54) is 0 Å². The van der Waals surface area contributed by atoms with Crippen LogP contribution >= 0.6 is 11.6 Å². The molecule has 0 aliphatic heterocycles. The number of nitrogens with one attached hydrogen (secondary N) is 1. The summed E-state index contributed by atoms with van der Waals surface area (Å²) in [5.41, 5.74) is 3.88. The van der Waals surface area contributed by atoms with Crippen LogP contribution in [0.5, 0.6) is 0 Å². The Labute approximate surface area is 203 Å². The lowest BCUT2D eigenvalue weighted by atomic mass is 10.1. The number of hydrogen-bond donors (Lipinski definition) is 1. The molecule has 0 saturated carbocycles. The molecular weight excluding hydrogens is 448 g/mol. The number of aryl methyl sites for hydroxylation is 2. The van der Waals surface area contributed by atoms with E-state index >= 15 is 0 Å². The van der Waals surface area contributed by atoms with Gasteiger partial charge in [-0.2, -0.15) is 0 Å². The van der Waals surface area contributed by atoms with Gasteiger partial charge < -0.3 is 10.2 Å². The van der Waals surface area contributed by atoms with Crippen molar-refractivity contribution in [1.82, 2.24) is 14.5 Å². The molecule has 1 atom stereocenters. The smallest absolute Gasteiger partial charge is 0.315 e. The zero-order chi connectivity index (χ0) is 24.4. The lowest BCUT2D eigenvalue weighted by Crippen LogP contribution is -2.39. The summed E-state index contributed by atoms with van der Waals surface area (Å²) < 4.78 is 1.59. The van der Waals surface area contributed by atoms with Gasteiger partial charge in [0.15, 0.2) is 0 Å². The summed E-state index contributed by atoms with van der Waals surface area (Å²) in [7, 11) is 0. The molecule has 0 radical (unpaired) electrons. The Hall–Kier alpha value is -3.64. The van der Waals surface area contributed by atoms with Gasteiger partial charge in [-0.15, -0.1) is 0 Å². The van der Waals surface area contributed by atoms with Crippen molar-refractivity contribution < 1.29 is 4.79 Å². The highest BCUT2D eigenvalue weighted by atomic mass is 35.5. The molecule has 6 nitrogen and oxygen atoms in total. The Bertz CT molecular complexity index is 1400. The zero-order valence-electron chi connectivity index (χ0n) is 19.7. The summed E-state index contributed by atoms with van der Waals surface area (Å²) in [5.74, 6) is 0.463. The van der Waals surface area contributed by atoms with Crippen LogP contribution in [-0.2, 0) is 0 Å². The highest BCUT2D eigenvalue weighted by molar-refractivity contribution is 6.31. The molecule has 4 aromatic rings. The quantitative estimate of drug-likeness (QED) is 0.370. The van der Waals surface area contributed by atoms with Gasteiger partial charge in [0.2, 0.25) is 0 Å². The van der Waals surface area contributed by atoms with Crippen molar-refractivity contribution in [3.05, 3.63) is 99.1 Å². The third-order valence-corrected chi connectivity index (χ3v) is 6.13. The summed E-state index contributed by atoms with van der Waals surface area (Å²) in [6.45, 7) is 8.19. The fourth-order valence-electron chi connectivity index (χ4n) is 3.96. The first kappa shape index (κ1) is 23.5. The van der Waals surface area contributed by atoms with Crippen LogP contribution < -0.4 is 10.9 Å². The van der Waals surface area contributed by atoms with E-state index in [0.29, 0.717) is 39.7 Å². The second-order valence-corrected chi connectivity index (χ2v) is 8.80. The van der Waals surface area contributed by atoms with Crippen LogP contribution in [0, 0.1) is 13.8 Å². The summed E-state index contributed by atoms with van der Waals surface area (Å²) in [6.07, 6.45) is 0. The van der Waals surface area contributed by atoms with E-state index in [1.807, 2.05) is 76.2 Å². The van der Waals surface area contributed by atoms with E-state index in [2.05, 4.69) is 5.32 Å². The molecule has 34 heavy (non-hydrogen) atoms. The molecule has 0 aliphatic carbocycles. The molecule has 1 unspecified atom stereocenters. The molecule has 1 heterocycles. The van der Waals surface area contributed by atoms with Crippen molar-refractivity contribution in [3.63, 3.8) is 0 Å². The van der Waals surface area contributed by atoms with E-state index in [9.17, 15) is 9.59 Å². The number of hydrogen-bond acceptors (Lipinski definition) is 3. The third kappa shape index (κ3) is 4.68. The van der Waals surface area contributed by atoms with Gasteiger partial charge in [0.1, 0.15) is 5.82 Å². The molecule has 0 fully saturated rings. The Morgan fingerprint density at radius 2 is 1.65 bits per heavy atom. The van der Waals surface area contributed by atoms with E-state index in [1.54, 1.807) is 27.7 Å². The van der Waals surface area contributed by atoms with Gasteiger partial charge in [0, 0.05) is 17.3 Å². The number of urea groups is 1. The maximum atomic E-state index is 13.6. The minimum Gasteiger partial charge on any atom is -0.315 e. The number of carbonyl (C=O) groups is 1. The van der Waals surface area contributed by atoms with E-state index in [4.69, 9.17) is 16.6 Å². The Balaban J connectivity index is 1.82. The van der Waals surface area contributed by atoms with Gasteiger partial charge in [-0.05, 0) is 70.2 Å². The van der Waals surface area contributed by atoms with E-state index in [0.717, 1.165) is 11.1 Å². The van der Waals surface area contributed by atoms with Crippen LogP contribution in [0.4, 0.5) is 10.5 Å². The second kappa shape index (κ2) is 9.69. The SMILES string of the molecule is CCN(C(=O)Nc1ccc(C)cc1)C(C)c1nc2cc(Cl)ccc2c(=O)n1-c1ccc(C)cc1. The number of nitrogens with zero attached hydrogens (tertiary/aromatic N) is 3. The standard InChI is InChI=1S/C27H27ClN4O2/c1-5-31(27(34)29-21-11-6-17(2)7-12-21)19(4)25-30-24-16-20(28)10-15-23(24)26(33)32(25)22-13-8-18(3)9-14-22/h6-16,19H,5H2,1-4H3,(H,29,34). The predicted octanol–water partition coefficient (Wildman–Crippen LogP) is 6.27. The van der Waals surface area contributed by atoms with Crippen molar-refractivity contribution in [1.29, 1.82) is 0 Å².